The van der Waals surface area contributed by atoms with Gasteiger partial charge in [-0.25, -0.2) is 13.1 Å². The highest BCUT2D eigenvalue weighted by Crippen LogP contribution is 2.56. The third kappa shape index (κ3) is 18.8. The Morgan fingerprint density at radius 1 is 0.689 bits per heavy atom. The molecule has 5 fully saturated rings. The van der Waals surface area contributed by atoms with Gasteiger partial charge >= 0.3 is 0 Å². The van der Waals surface area contributed by atoms with Crippen molar-refractivity contribution in [1.29, 1.82) is 0 Å². The number of phenolic OH excluding ortho intramolecular Hbond substituents is 1. The first kappa shape index (κ1) is 87.6. The van der Waals surface area contributed by atoms with Gasteiger partial charge in [0.2, 0.25) is 75.1 Å². The zero-order valence-corrected chi connectivity index (χ0v) is 68.2. The number of nitrogens with two attached hydrogens (primary N) is 2. The summed E-state index contributed by atoms with van der Waals surface area (Å²) < 4.78 is 54.9. The van der Waals surface area contributed by atoms with Gasteiger partial charge in [-0.15, -0.1) is 0 Å². The number of amides is 8. The second kappa shape index (κ2) is 36.6. The van der Waals surface area contributed by atoms with Gasteiger partial charge in [-0.2, -0.15) is 0 Å². The Kier molecular flexibility index (Phi) is 27.0. The van der Waals surface area contributed by atoms with Crippen LogP contribution in [0.3, 0.4) is 0 Å². The standard InChI is InChI=1S/C83H107ClN12O22S/c1-6-7-8-9-10-11-12-21-119(113,114)89-20-19-88-36-49-54(97)33-48-61-47-29-41(13-16-50(47)83(111,112)62(49)61)64-77(106)96-68(81(110)94-66(48)79(108)91-63-44-25-39-24-40(27-44)28-45(63)26-39)70(100)43-15-18-56(51(84)30-43)116-58-32-46-31-57(74(58)118-82-73(103)72(102)71(101)59(35-85)117-82)115-55-17-14-42(23-38(55)4)69(99)67(95-75(104)52(87-5)22-37(2)3)80(109)90-53(34-60(86)98)76(105)92-65(46)78(107)93-64/h13-18,23,29-33,37,39-40,44-45,52-53,59,63-73,82,87-89,97,99-103,111-112H,6-12,19-22,24-28,34-36,85H2,1-5H3,(H2,86,98)(H,90,109)(H,91,108)(H,92,105)(H,93,107)(H,94,110)(H,95,104)(H,96,106)/t39?,40?,44?,45?,52-,53+,59-,63?,64-,65-,66+,67-,68+,69-,70-,71-,72+,73-,82+/m1/s1. The summed E-state index contributed by atoms with van der Waals surface area (Å²) in [7, 11) is -2.24. The molecule has 36 heteroatoms. The van der Waals surface area contributed by atoms with E-state index in [1.165, 1.54) is 68.6 Å². The fourth-order valence-corrected chi connectivity index (χ4v) is 19.7. The number of unbranched alkanes of at least 4 members (excludes halogenated alkanes) is 6. The first-order valence-electron chi connectivity index (χ1n) is 40.8. The summed E-state index contributed by atoms with van der Waals surface area (Å²) in [4.78, 5) is 123. The quantitative estimate of drug-likeness (QED) is 0.0279. The molecule has 6 aliphatic heterocycles. The average Bonchev–Trinajstić information content (AvgIpc) is 1.54. The number of ether oxygens (including phenoxy) is 4. The minimum atomic E-state index is -3.74. The molecule has 0 radical (unpaired) electrons. The number of carbonyl (C=O) groups is 8. The lowest BCUT2D eigenvalue weighted by atomic mass is 9.54. The number of aliphatic hydroxyl groups is 7. The van der Waals surface area contributed by atoms with Crippen molar-refractivity contribution in [3.8, 4) is 45.6 Å². The summed E-state index contributed by atoms with van der Waals surface area (Å²) in [5.41, 5.74) is 9.85. The molecule has 5 aliphatic carbocycles. The van der Waals surface area contributed by atoms with Crippen LogP contribution in [0.4, 0.5) is 0 Å². The van der Waals surface area contributed by atoms with Gasteiger partial charge < -0.3 is 119 Å². The van der Waals surface area contributed by atoms with Crippen molar-refractivity contribution in [3.05, 3.63) is 128 Å². The molecule has 4 saturated carbocycles. The van der Waals surface area contributed by atoms with E-state index in [1.807, 2.05) is 13.8 Å². The van der Waals surface area contributed by atoms with Crippen LogP contribution in [0.25, 0.3) is 11.1 Å². The third-order valence-corrected chi connectivity index (χ3v) is 26.0. The Labute approximate surface area is 692 Å². The van der Waals surface area contributed by atoms with Crippen molar-refractivity contribution in [1.82, 2.24) is 52.6 Å². The largest absolute Gasteiger partial charge is 0.508 e. The molecule has 8 amide bonds. The number of aromatic hydroxyl groups is 1. The predicted molar refractivity (Wildman–Crippen MR) is 429 cm³/mol. The highest BCUT2D eigenvalue weighted by atomic mass is 35.5. The number of halogens is 1. The second-order valence-electron chi connectivity index (χ2n) is 33.2. The molecule has 1 saturated heterocycles. The minimum absolute atomic E-state index is 0.00585. The first-order chi connectivity index (χ1) is 56.6. The van der Waals surface area contributed by atoms with Crippen molar-refractivity contribution in [2.45, 2.75) is 221 Å². The van der Waals surface area contributed by atoms with Crippen molar-refractivity contribution in [3.63, 3.8) is 0 Å². The van der Waals surface area contributed by atoms with E-state index in [-0.39, 0.29) is 122 Å². The number of hydrogen-bond acceptors (Lipinski definition) is 25. The van der Waals surface area contributed by atoms with E-state index >= 15 is 28.8 Å². The second-order valence-corrected chi connectivity index (χ2v) is 35.5. The molecule has 5 aromatic carbocycles. The van der Waals surface area contributed by atoms with Crippen molar-refractivity contribution in [2.75, 3.05) is 32.4 Å². The molecule has 16 rings (SSSR count). The van der Waals surface area contributed by atoms with E-state index in [9.17, 15) is 58.9 Å². The van der Waals surface area contributed by atoms with Gasteiger partial charge in [0.25, 0.3) is 0 Å². The molecule has 11 aliphatic rings. The van der Waals surface area contributed by atoms with Crippen LogP contribution in [-0.4, -0.2) is 190 Å². The topological polar surface area (TPSA) is 542 Å². The zero-order chi connectivity index (χ0) is 85.4. The number of nitrogens with one attached hydrogen (secondary N) is 10. The number of carbonyl (C=O) groups excluding carboxylic acids is 8. The lowest BCUT2D eigenvalue weighted by Gasteiger charge is -2.54. The Morgan fingerprint density at radius 3 is 1.97 bits per heavy atom. The molecule has 34 nitrogen and oxygen atoms in total. The van der Waals surface area contributed by atoms with Crippen LogP contribution in [0.15, 0.2) is 72.8 Å². The Balaban J connectivity index is 0.976. The van der Waals surface area contributed by atoms with Gasteiger partial charge in [0.1, 0.15) is 90.1 Å². The van der Waals surface area contributed by atoms with E-state index < -0.39 is 196 Å². The van der Waals surface area contributed by atoms with Gasteiger partial charge in [-0.3, -0.25) is 38.4 Å². The highest BCUT2D eigenvalue weighted by Gasteiger charge is 2.53. The van der Waals surface area contributed by atoms with E-state index in [2.05, 4.69) is 59.5 Å². The SMILES string of the molecule is CCCCCCCCCS(=O)(=O)NCCNCc1c(O)cc2c3c1C(O)(O)c1ccc(cc1-3)[C@H]1NC(=O)[C@@H]3NC(=O)[C@H](CC(N)=O)NC(=O)[C@H](NC(=O)[C@@H](CC(C)C)NC)[C@H](O)c4ccc(c(C)c4)Oc4cc3cc(c4O[C@@H]3O[C@H](CN)[C@@H](O)[C@H](O)[C@H]3O)Oc3ccc(cc3Cl)[C@@H](O)[C@H](NC1=O)C(=O)N[C@@H]2C(=O)NC1C2CC3CC(C2)CC1C3. The van der Waals surface area contributed by atoms with Gasteiger partial charge in [0.15, 0.2) is 11.5 Å². The molecule has 644 valence electrons. The van der Waals surface area contributed by atoms with Gasteiger partial charge in [-0.1, -0.05) is 95.2 Å². The van der Waals surface area contributed by atoms with Crippen LogP contribution < -0.4 is 78.3 Å². The van der Waals surface area contributed by atoms with E-state index in [1.54, 1.807) is 0 Å². The zero-order valence-electron chi connectivity index (χ0n) is 66.6. The normalized spacial score (nSPS) is 28.3. The van der Waals surface area contributed by atoms with E-state index in [0.29, 0.717) is 18.3 Å². The van der Waals surface area contributed by atoms with Gasteiger partial charge in [0.05, 0.1) is 23.2 Å². The predicted octanol–water partition coefficient (Wildman–Crippen LogP) is 2.19. The van der Waals surface area contributed by atoms with Crippen molar-refractivity contribution < 1.29 is 107 Å². The first-order valence-corrected chi connectivity index (χ1v) is 42.8. The van der Waals surface area contributed by atoms with Gasteiger partial charge in [-0.05, 0) is 182 Å². The lowest BCUT2D eigenvalue weighted by molar-refractivity contribution is -0.270. The summed E-state index contributed by atoms with van der Waals surface area (Å²) in [6, 6.07) is 0.818. The molecule has 6 heterocycles. The summed E-state index contributed by atoms with van der Waals surface area (Å²) >= 11 is 7.21. The lowest BCUT2D eigenvalue weighted by Crippen LogP contribution is -2.60. The summed E-state index contributed by atoms with van der Waals surface area (Å²) in [5, 5.41) is 122. The Morgan fingerprint density at radius 2 is 1.32 bits per heavy atom. The maximum atomic E-state index is 16.4. The summed E-state index contributed by atoms with van der Waals surface area (Å²) in [6.45, 7) is 6.33. The van der Waals surface area contributed by atoms with Crippen LogP contribution in [0.5, 0.6) is 34.5 Å². The maximum absolute atomic E-state index is 16.4. The van der Waals surface area contributed by atoms with Crippen LogP contribution in [0.1, 0.15) is 191 Å². The smallest absolute Gasteiger partial charge is 0.248 e. The molecule has 0 aromatic heterocycles. The molecule has 15 bridgehead atoms. The number of phenols is 1. The monoisotopic (exact) mass is 1690 g/mol. The number of aryl methyl sites for hydroxylation is 1. The number of hydrogen-bond donors (Lipinski definition) is 20. The maximum Gasteiger partial charge on any atom is 0.248 e. The molecule has 0 unspecified atom stereocenters. The van der Waals surface area contributed by atoms with Crippen LogP contribution in [0.2, 0.25) is 5.02 Å². The number of primary amides is 1. The van der Waals surface area contributed by atoms with Crippen LogP contribution in [0, 0.1) is 36.5 Å². The van der Waals surface area contributed by atoms with Gasteiger partial charge in [0, 0.05) is 48.9 Å². The number of likely N-dealkylation sites (N-methyl/N-ethyl adjacent to an activating group) is 1. The fraction of sp³-hybridized carbons (Fsp3) is 0.542. The minimum Gasteiger partial charge on any atom is -0.508 e. The molecule has 5 aromatic rings. The molecule has 14 atom stereocenters. The van der Waals surface area contributed by atoms with Crippen LogP contribution >= 0.6 is 11.6 Å². The van der Waals surface area contributed by atoms with E-state index in [4.69, 9.17) is 42.0 Å². The summed E-state index contributed by atoms with van der Waals surface area (Å²) in [6.07, 6.45) is -3.44. The summed E-state index contributed by atoms with van der Waals surface area (Å²) in [5.74, 6) is -14.3. The number of fused-ring (bicyclic) bond motifs is 12. The van der Waals surface area contributed by atoms with E-state index in [0.717, 1.165) is 88.8 Å². The third-order valence-electron chi connectivity index (χ3n) is 24.2. The molecule has 119 heavy (non-hydrogen) atoms. The Hall–Kier alpha value is -9.18. The molecular formula is C83H107ClN12O22S. The van der Waals surface area contributed by atoms with Crippen molar-refractivity contribution in [2.24, 2.45) is 41.1 Å². The highest BCUT2D eigenvalue weighted by molar-refractivity contribution is 7.89. The number of rotatable bonds is 26. The number of aliphatic hydroxyl groups excluding tert-OH is 5. The molecule has 22 N–H and O–H groups in total. The fourth-order valence-electron chi connectivity index (χ4n) is 18.3. The molecule has 0 spiro atoms. The number of benzene rings is 5. The Bertz CT molecular complexity index is 4800. The van der Waals surface area contributed by atoms with Crippen LogP contribution in [-0.2, 0) is 65.4 Å². The number of sulfonamides is 1. The molecular weight excluding hydrogens is 1580 g/mol. The van der Waals surface area contributed by atoms with Crippen molar-refractivity contribution >= 4 is 68.9 Å². The average molecular weight is 1690 g/mol.